The van der Waals surface area contributed by atoms with E-state index in [0.717, 1.165) is 10.9 Å². The van der Waals surface area contributed by atoms with Crippen molar-refractivity contribution < 1.29 is 9.21 Å². The highest BCUT2D eigenvalue weighted by Gasteiger charge is 2.22. The van der Waals surface area contributed by atoms with Crippen LogP contribution in [0.1, 0.15) is 30.0 Å². The lowest BCUT2D eigenvalue weighted by atomic mass is 10.1. The molecule has 0 atom stereocenters. The Labute approximate surface area is 172 Å². The summed E-state index contributed by atoms with van der Waals surface area (Å²) in [4.78, 5) is 26.5. The number of hydrogen-bond acceptors (Lipinski definition) is 6. The topological polar surface area (TPSA) is 73.3 Å². The third-order valence-corrected chi connectivity index (χ3v) is 5.13. The van der Waals surface area contributed by atoms with Gasteiger partial charge in [-0.15, -0.1) is 0 Å². The summed E-state index contributed by atoms with van der Waals surface area (Å²) >= 11 is 1.47. The quantitative estimate of drug-likeness (QED) is 0.366. The minimum atomic E-state index is -0.245. The number of carbonyl (C=O) groups is 1. The minimum Gasteiger partial charge on any atom is -0.451 e. The number of nitrogens with zero attached hydrogens (tertiary/aromatic N) is 4. The maximum Gasteiger partial charge on any atom is 0.299 e. The van der Waals surface area contributed by atoms with E-state index < -0.39 is 0 Å². The molecular formula is C22H20N4O2S. The molecule has 3 aromatic heterocycles. The van der Waals surface area contributed by atoms with Crippen LogP contribution in [0.3, 0.4) is 0 Å². The van der Waals surface area contributed by atoms with Gasteiger partial charge in [0.1, 0.15) is 11.1 Å². The first kappa shape index (κ1) is 19.1. The van der Waals surface area contributed by atoms with Gasteiger partial charge in [0, 0.05) is 41.3 Å². The Hall–Kier alpha value is -3.19. The molecule has 146 valence electrons. The molecule has 0 unspecified atom stereocenters. The van der Waals surface area contributed by atoms with Gasteiger partial charge < -0.3 is 4.42 Å². The van der Waals surface area contributed by atoms with Crippen LogP contribution in [0, 0.1) is 0 Å². The third kappa shape index (κ3) is 4.14. The molecule has 0 radical (unpaired) electrons. The number of aromatic nitrogens is 3. The van der Waals surface area contributed by atoms with E-state index in [1.807, 2.05) is 56.3 Å². The van der Waals surface area contributed by atoms with Crippen molar-refractivity contribution in [3.63, 3.8) is 0 Å². The van der Waals surface area contributed by atoms with Gasteiger partial charge in [0.05, 0.1) is 0 Å². The van der Waals surface area contributed by atoms with Crippen LogP contribution in [0.2, 0.25) is 0 Å². The van der Waals surface area contributed by atoms with Gasteiger partial charge in [-0.05, 0) is 38.1 Å². The van der Waals surface area contributed by atoms with Gasteiger partial charge >= 0.3 is 0 Å². The molecule has 3 heterocycles. The summed E-state index contributed by atoms with van der Waals surface area (Å²) in [6.45, 7) is 3.95. The van der Waals surface area contributed by atoms with Crippen molar-refractivity contribution in [2.75, 3.05) is 0 Å². The Morgan fingerprint density at radius 2 is 1.86 bits per heavy atom. The van der Waals surface area contributed by atoms with Crippen LogP contribution in [0.15, 0.2) is 81.7 Å². The fourth-order valence-corrected chi connectivity index (χ4v) is 3.83. The largest absolute Gasteiger partial charge is 0.451 e. The molecule has 0 saturated carbocycles. The number of furan rings is 1. The summed E-state index contributed by atoms with van der Waals surface area (Å²) in [7, 11) is 0. The number of para-hydroxylation sites is 1. The van der Waals surface area contributed by atoms with E-state index in [-0.39, 0.29) is 11.9 Å². The highest BCUT2D eigenvalue weighted by molar-refractivity contribution is 7.98. The molecule has 1 aromatic carbocycles. The highest BCUT2D eigenvalue weighted by Crippen LogP contribution is 2.31. The van der Waals surface area contributed by atoms with Gasteiger partial charge in [-0.25, -0.2) is 9.97 Å². The van der Waals surface area contributed by atoms with Gasteiger partial charge in [0.15, 0.2) is 10.9 Å². The molecule has 29 heavy (non-hydrogen) atoms. The van der Waals surface area contributed by atoms with Crippen molar-refractivity contribution in [1.82, 2.24) is 14.5 Å². The fraction of sp³-hybridized carbons (Fsp3) is 0.182. The summed E-state index contributed by atoms with van der Waals surface area (Å²) in [6, 6.07) is 15.0. The normalized spacial score (nSPS) is 12.0. The van der Waals surface area contributed by atoms with Gasteiger partial charge in [-0.3, -0.25) is 14.4 Å². The van der Waals surface area contributed by atoms with Crippen LogP contribution >= 0.6 is 11.8 Å². The lowest BCUT2D eigenvalue weighted by Gasteiger charge is -2.07. The molecule has 4 rings (SSSR count). The molecular weight excluding hydrogens is 384 g/mol. The Balaban J connectivity index is 1.79. The average molecular weight is 404 g/mol. The first-order chi connectivity index (χ1) is 14.1. The van der Waals surface area contributed by atoms with E-state index in [1.54, 1.807) is 24.7 Å². The van der Waals surface area contributed by atoms with E-state index >= 15 is 0 Å². The summed E-state index contributed by atoms with van der Waals surface area (Å²) in [5.41, 5.74) is 2.10. The standard InChI is InChI=1S/C22H20N4O2S/c1-15(2)25-19-10-5-6-13-26(19)21(27)20-17(14-29-22-23-11-7-12-24-22)16-8-3-4-9-18(16)28-20/h3-13,15H,14H2,1-2H3. The summed E-state index contributed by atoms with van der Waals surface area (Å²) in [5, 5.41) is 1.57. The van der Waals surface area contributed by atoms with Crippen molar-refractivity contribution in [3.8, 4) is 0 Å². The Bertz CT molecular complexity index is 1210. The van der Waals surface area contributed by atoms with Gasteiger partial charge in [0.2, 0.25) is 0 Å². The molecule has 0 saturated heterocycles. The number of pyridine rings is 1. The number of benzene rings is 1. The van der Waals surface area contributed by atoms with Crippen LogP contribution in [0.4, 0.5) is 0 Å². The third-order valence-electron chi connectivity index (χ3n) is 4.23. The van der Waals surface area contributed by atoms with Crippen molar-refractivity contribution >= 4 is 28.6 Å². The lowest BCUT2D eigenvalue weighted by molar-refractivity contribution is 0.0928. The molecule has 4 aromatic rings. The number of thioether (sulfide) groups is 1. The molecule has 0 aliphatic carbocycles. The van der Waals surface area contributed by atoms with Crippen molar-refractivity contribution in [3.05, 3.63) is 83.9 Å². The highest BCUT2D eigenvalue weighted by atomic mass is 32.2. The monoisotopic (exact) mass is 404 g/mol. The number of rotatable bonds is 5. The molecule has 6 nitrogen and oxygen atoms in total. The van der Waals surface area contributed by atoms with Gasteiger partial charge in [-0.2, -0.15) is 0 Å². The van der Waals surface area contributed by atoms with E-state index in [4.69, 9.17) is 4.42 Å². The van der Waals surface area contributed by atoms with Crippen LogP contribution < -0.4 is 5.49 Å². The Morgan fingerprint density at radius 1 is 1.10 bits per heavy atom. The molecule has 0 spiro atoms. The van der Waals surface area contributed by atoms with Crippen molar-refractivity contribution in [2.24, 2.45) is 4.99 Å². The second-order valence-corrected chi connectivity index (χ2v) is 7.63. The second-order valence-electron chi connectivity index (χ2n) is 6.68. The number of fused-ring (bicyclic) bond motifs is 1. The molecule has 0 amide bonds. The zero-order valence-corrected chi connectivity index (χ0v) is 17.0. The zero-order valence-electron chi connectivity index (χ0n) is 16.1. The van der Waals surface area contributed by atoms with Gasteiger partial charge in [0.25, 0.3) is 5.91 Å². The molecule has 0 bridgehead atoms. The SMILES string of the molecule is CC(C)N=c1ccccn1C(=O)c1oc2ccccc2c1CSc1ncccn1. The average Bonchev–Trinajstić information content (AvgIpc) is 3.11. The fourth-order valence-electron chi connectivity index (χ4n) is 3.00. The number of hydrogen-bond donors (Lipinski definition) is 0. The molecule has 0 fully saturated rings. The van der Waals surface area contributed by atoms with Crippen LogP contribution in [-0.2, 0) is 5.75 Å². The number of carbonyl (C=O) groups excluding carboxylic acids is 1. The van der Waals surface area contributed by atoms with E-state index in [1.165, 1.54) is 16.3 Å². The lowest BCUT2D eigenvalue weighted by Crippen LogP contribution is -2.28. The molecule has 0 N–H and O–H groups in total. The predicted octanol–water partition coefficient (Wildman–Crippen LogP) is 4.31. The molecule has 0 aliphatic heterocycles. The predicted molar refractivity (Wildman–Crippen MR) is 113 cm³/mol. The smallest absolute Gasteiger partial charge is 0.299 e. The van der Waals surface area contributed by atoms with Crippen LogP contribution in [-0.4, -0.2) is 26.5 Å². The van der Waals surface area contributed by atoms with Gasteiger partial charge in [-0.1, -0.05) is 36.0 Å². The Kier molecular flexibility index (Phi) is 5.57. The maximum absolute atomic E-state index is 13.4. The summed E-state index contributed by atoms with van der Waals surface area (Å²) in [6.07, 6.45) is 5.12. The minimum absolute atomic E-state index is 0.0670. The maximum atomic E-state index is 13.4. The van der Waals surface area contributed by atoms with Crippen molar-refractivity contribution in [2.45, 2.75) is 30.8 Å². The molecule has 7 heteroatoms. The first-order valence-electron chi connectivity index (χ1n) is 9.30. The summed E-state index contributed by atoms with van der Waals surface area (Å²) in [5.74, 6) is 0.586. The first-order valence-corrected chi connectivity index (χ1v) is 10.3. The van der Waals surface area contributed by atoms with Crippen molar-refractivity contribution in [1.29, 1.82) is 0 Å². The van der Waals surface area contributed by atoms with E-state index in [9.17, 15) is 4.79 Å². The van der Waals surface area contributed by atoms with Crippen LogP contribution in [0.5, 0.6) is 0 Å². The van der Waals surface area contributed by atoms with Crippen LogP contribution in [0.25, 0.3) is 11.0 Å². The van der Waals surface area contributed by atoms with E-state index in [2.05, 4.69) is 15.0 Å². The van der Waals surface area contributed by atoms with E-state index in [0.29, 0.717) is 27.7 Å². The second kappa shape index (κ2) is 8.45. The Morgan fingerprint density at radius 3 is 2.66 bits per heavy atom. The summed E-state index contributed by atoms with van der Waals surface area (Å²) < 4.78 is 7.53. The molecule has 0 aliphatic rings. The zero-order chi connectivity index (χ0) is 20.2.